The van der Waals surface area contributed by atoms with Crippen molar-refractivity contribution in [1.82, 2.24) is 15.0 Å². The molecule has 3 aromatic heterocycles. The molecule has 0 aliphatic heterocycles. The van der Waals surface area contributed by atoms with Crippen LogP contribution in [0.25, 0.3) is 11.0 Å². The highest BCUT2D eigenvalue weighted by Crippen LogP contribution is 2.33. The number of carbonyl (C=O) groups excluding carboxylic acids is 1. The first-order valence-corrected chi connectivity index (χ1v) is 11.8. The minimum atomic E-state index is -0.191. The molecule has 1 fully saturated rings. The average Bonchev–Trinajstić information content (AvgIpc) is 3.30. The number of nitrogens with one attached hydrogen (secondary N) is 2. The number of H-pyrrole nitrogens is 1. The van der Waals surface area contributed by atoms with E-state index in [4.69, 9.17) is 16.3 Å². The van der Waals surface area contributed by atoms with Crippen molar-refractivity contribution in [3.05, 3.63) is 77.3 Å². The van der Waals surface area contributed by atoms with Crippen molar-refractivity contribution < 1.29 is 14.6 Å². The number of carbonyl (C=O) groups is 1. The Hall–Kier alpha value is -3.42. The van der Waals surface area contributed by atoms with Gasteiger partial charge in [-0.3, -0.25) is 9.78 Å². The normalized spacial score (nSPS) is 18.1. The fourth-order valence-electron chi connectivity index (χ4n) is 4.50. The summed E-state index contributed by atoms with van der Waals surface area (Å²) in [6.45, 7) is 0.246. The van der Waals surface area contributed by atoms with Crippen molar-refractivity contribution >= 4 is 34.1 Å². The molecule has 4 aromatic rings. The second-order valence-corrected chi connectivity index (χ2v) is 9.00. The summed E-state index contributed by atoms with van der Waals surface area (Å²) in [7, 11) is 0. The number of halogens is 1. The van der Waals surface area contributed by atoms with Gasteiger partial charge in [-0.15, -0.1) is 0 Å². The number of nitrogens with zero attached hydrogens (tertiary/aromatic N) is 2. The van der Waals surface area contributed by atoms with Crippen LogP contribution in [0.15, 0.2) is 61.2 Å². The maximum atomic E-state index is 13.5. The molecule has 3 heterocycles. The molecular formula is C26H25ClN4O3. The standard InChI is InChI=1S/C26H25ClN4O3/c27-22-12-18(34-19-2-1-10-28-13-19)7-8-20(22)25(33)21-14-30-26-24(21)23(9-11-29-26)31-17-5-3-16(15-32)4-6-17/h1-2,7-14,16-17,32H,3-6,15H2,(H2,29,30,31). The van der Waals surface area contributed by atoms with E-state index in [2.05, 4.69) is 20.3 Å². The Morgan fingerprint density at radius 3 is 2.71 bits per heavy atom. The number of ether oxygens (including phenoxy) is 1. The molecule has 0 saturated heterocycles. The Bertz CT molecular complexity index is 1300. The molecule has 0 unspecified atom stereocenters. The maximum absolute atomic E-state index is 13.5. The summed E-state index contributed by atoms with van der Waals surface area (Å²) < 4.78 is 5.77. The predicted molar refractivity (Wildman–Crippen MR) is 132 cm³/mol. The molecule has 7 nitrogen and oxygen atoms in total. The van der Waals surface area contributed by atoms with E-state index in [0.717, 1.165) is 36.8 Å². The van der Waals surface area contributed by atoms with Gasteiger partial charge in [0.1, 0.15) is 17.1 Å². The monoisotopic (exact) mass is 476 g/mol. The van der Waals surface area contributed by atoms with Crippen molar-refractivity contribution in [1.29, 1.82) is 0 Å². The van der Waals surface area contributed by atoms with E-state index in [0.29, 0.717) is 45.3 Å². The van der Waals surface area contributed by atoms with E-state index in [1.807, 2.05) is 6.07 Å². The molecule has 8 heteroatoms. The smallest absolute Gasteiger partial charge is 0.196 e. The lowest BCUT2D eigenvalue weighted by molar-refractivity contribution is 0.104. The third-order valence-electron chi connectivity index (χ3n) is 6.34. The average molecular weight is 477 g/mol. The van der Waals surface area contributed by atoms with Gasteiger partial charge in [0, 0.05) is 48.6 Å². The van der Waals surface area contributed by atoms with Crippen LogP contribution in [0, 0.1) is 5.92 Å². The summed E-state index contributed by atoms with van der Waals surface area (Å²) in [5.74, 6) is 1.30. The first-order chi connectivity index (χ1) is 16.6. The van der Waals surface area contributed by atoms with Gasteiger partial charge in [0.25, 0.3) is 0 Å². The quantitative estimate of drug-likeness (QED) is 0.300. The second-order valence-electron chi connectivity index (χ2n) is 8.59. The van der Waals surface area contributed by atoms with Crippen LogP contribution in [-0.2, 0) is 0 Å². The lowest BCUT2D eigenvalue weighted by Gasteiger charge is -2.29. The van der Waals surface area contributed by atoms with E-state index in [9.17, 15) is 9.90 Å². The van der Waals surface area contributed by atoms with Gasteiger partial charge in [0.2, 0.25) is 0 Å². The fraction of sp³-hybridized carbons (Fsp3) is 0.269. The van der Waals surface area contributed by atoms with Gasteiger partial charge < -0.3 is 20.1 Å². The van der Waals surface area contributed by atoms with E-state index in [-0.39, 0.29) is 12.4 Å². The number of hydrogen-bond acceptors (Lipinski definition) is 6. The lowest BCUT2D eigenvalue weighted by Crippen LogP contribution is -2.27. The fourth-order valence-corrected chi connectivity index (χ4v) is 4.75. The third kappa shape index (κ3) is 4.62. The number of pyridine rings is 2. The molecule has 3 N–H and O–H groups in total. The zero-order chi connectivity index (χ0) is 23.5. The second kappa shape index (κ2) is 9.83. The molecule has 0 spiro atoms. The van der Waals surface area contributed by atoms with Crippen molar-refractivity contribution in [2.45, 2.75) is 31.7 Å². The molecule has 5 rings (SSSR count). The number of rotatable bonds is 7. The highest BCUT2D eigenvalue weighted by Gasteiger charge is 2.24. The van der Waals surface area contributed by atoms with Gasteiger partial charge in [-0.1, -0.05) is 11.6 Å². The number of benzene rings is 1. The van der Waals surface area contributed by atoms with Gasteiger partial charge in [-0.05, 0) is 61.9 Å². The number of hydrogen-bond donors (Lipinski definition) is 3. The summed E-state index contributed by atoms with van der Waals surface area (Å²) in [4.78, 5) is 25.0. The molecule has 34 heavy (non-hydrogen) atoms. The highest BCUT2D eigenvalue weighted by molar-refractivity contribution is 6.35. The Balaban J connectivity index is 1.40. The summed E-state index contributed by atoms with van der Waals surface area (Å²) in [6, 6.07) is 10.8. The number of fused-ring (bicyclic) bond motifs is 1. The lowest BCUT2D eigenvalue weighted by atomic mass is 9.86. The third-order valence-corrected chi connectivity index (χ3v) is 6.65. The first kappa shape index (κ1) is 22.4. The number of aliphatic hydroxyl groups excluding tert-OH is 1. The summed E-state index contributed by atoms with van der Waals surface area (Å²) in [5, 5.41) is 14.1. The number of anilines is 1. The number of aromatic nitrogens is 3. The van der Waals surface area contributed by atoms with Gasteiger partial charge in [-0.2, -0.15) is 0 Å². The van der Waals surface area contributed by atoms with Gasteiger partial charge >= 0.3 is 0 Å². The van der Waals surface area contributed by atoms with Gasteiger partial charge in [0.05, 0.1) is 22.2 Å². The van der Waals surface area contributed by atoms with Crippen molar-refractivity contribution in [3.63, 3.8) is 0 Å². The largest absolute Gasteiger partial charge is 0.456 e. The van der Waals surface area contributed by atoms with E-state index in [1.165, 1.54) is 0 Å². The van der Waals surface area contributed by atoms with Crippen LogP contribution in [0.4, 0.5) is 5.69 Å². The molecular weight excluding hydrogens is 452 g/mol. The van der Waals surface area contributed by atoms with Crippen LogP contribution in [0.5, 0.6) is 11.5 Å². The summed E-state index contributed by atoms with van der Waals surface area (Å²) >= 11 is 6.50. The molecule has 1 aliphatic rings. The molecule has 0 amide bonds. The zero-order valence-electron chi connectivity index (χ0n) is 18.5. The number of aromatic amines is 1. The van der Waals surface area contributed by atoms with Crippen LogP contribution in [0.3, 0.4) is 0 Å². The molecule has 1 aromatic carbocycles. The zero-order valence-corrected chi connectivity index (χ0v) is 19.3. The maximum Gasteiger partial charge on any atom is 0.196 e. The molecule has 0 atom stereocenters. The highest BCUT2D eigenvalue weighted by atomic mass is 35.5. The van der Waals surface area contributed by atoms with E-state index >= 15 is 0 Å². The van der Waals surface area contributed by atoms with Crippen LogP contribution >= 0.6 is 11.6 Å². The topological polar surface area (TPSA) is 100 Å². The predicted octanol–water partition coefficient (Wildman–Crippen LogP) is 5.60. The van der Waals surface area contributed by atoms with Gasteiger partial charge in [-0.25, -0.2) is 4.98 Å². The van der Waals surface area contributed by atoms with E-state index in [1.54, 1.807) is 55.1 Å². The molecule has 174 valence electrons. The number of ketones is 1. The minimum absolute atomic E-state index is 0.191. The van der Waals surface area contributed by atoms with Crippen molar-refractivity contribution in [2.75, 3.05) is 11.9 Å². The van der Waals surface area contributed by atoms with Crippen LogP contribution < -0.4 is 10.1 Å². The molecule has 1 saturated carbocycles. The van der Waals surface area contributed by atoms with Crippen molar-refractivity contribution in [3.8, 4) is 11.5 Å². The Kier molecular flexibility index (Phi) is 6.47. The Morgan fingerprint density at radius 2 is 1.97 bits per heavy atom. The Morgan fingerprint density at radius 1 is 1.12 bits per heavy atom. The molecule has 1 aliphatic carbocycles. The van der Waals surface area contributed by atoms with Crippen LogP contribution in [-0.4, -0.2) is 38.5 Å². The number of aliphatic hydroxyl groups is 1. The minimum Gasteiger partial charge on any atom is -0.456 e. The van der Waals surface area contributed by atoms with Crippen molar-refractivity contribution in [2.24, 2.45) is 5.92 Å². The molecule has 0 bridgehead atoms. The summed E-state index contributed by atoms with van der Waals surface area (Å²) in [5.41, 5.74) is 2.41. The van der Waals surface area contributed by atoms with E-state index < -0.39 is 0 Å². The Labute approximate surface area is 202 Å². The molecule has 0 radical (unpaired) electrons. The van der Waals surface area contributed by atoms with Gasteiger partial charge in [0.15, 0.2) is 5.78 Å². The van der Waals surface area contributed by atoms with Crippen LogP contribution in [0.2, 0.25) is 5.02 Å². The first-order valence-electron chi connectivity index (χ1n) is 11.4. The SMILES string of the molecule is O=C(c1ccc(Oc2cccnc2)cc1Cl)c1c[nH]c2nccc(NC3CCC(CO)CC3)c12. The van der Waals surface area contributed by atoms with Crippen LogP contribution in [0.1, 0.15) is 41.6 Å². The summed E-state index contributed by atoms with van der Waals surface area (Å²) in [6.07, 6.45) is 10.6.